The number of hydrogen-bond donors (Lipinski definition) is 2. The lowest BCUT2D eigenvalue weighted by molar-refractivity contribution is -0.0671. The fraction of sp³-hybridized carbons (Fsp3) is 0.476. The fourth-order valence-corrected chi connectivity index (χ4v) is 4.32. The summed E-state index contributed by atoms with van der Waals surface area (Å²) >= 11 is 0. The quantitative estimate of drug-likeness (QED) is 0.814. The summed E-state index contributed by atoms with van der Waals surface area (Å²) in [5.41, 5.74) is 6.22. The Morgan fingerprint density at radius 2 is 2.19 bits per heavy atom. The van der Waals surface area contributed by atoms with Crippen molar-refractivity contribution in [2.24, 2.45) is 11.7 Å². The third-order valence-corrected chi connectivity index (χ3v) is 5.63. The summed E-state index contributed by atoms with van der Waals surface area (Å²) in [4.78, 5) is 13.7. The Kier molecular flexibility index (Phi) is 5.58. The summed E-state index contributed by atoms with van der Waals surface area (Å²) in [7, 11) is 5.63. The first-order valence-electron chi connectivity index (χ1n) is 9.24. The third-order valence-electron chi connectivity index (χ3n) is 5.63. The van der Waals surface area contributed by atoms with Crippen LogP contribution in [0.4, 0.5) is 0 Å². The number of hydrogen-bond acceptors (Lipinski definition) is 5. The second-order valence-electron chi connectivity index (χ2n) is 7.66. The number of amides is 1. The molecule has 3 unspecified atom stereocenters. The Hall–Kier alpha value is -2.31. The number of aliphatic hydroxyl groups is 1. The fourth-order valence-electron chi connectivity index (χ4n) is 4.32. The molecule has 6 nitrogen and oxygen atoms in total. The molecule has 27 heavy (non-hydrogen) atoms. The van der Waals surface area contributed by atoms with Gasteiger partial charge in [-0.3, -0.25) is 4.79 Å². The number of primary amides is 1. The molecule has 0 aliphatic heterocycles. The van der Waals surface area contributed by atoms with Crippen molar-refractivity contribution in [2.45, 2.75) is 30.8 Å². The zero-order chi connectivity index (χ0) is 19.6. The van der Waals surface area contributed by atoms with E-state index in [1.54, 1.807) is 7.11 Å². The van der Waals surface area contributed by atoms with Crippen LogP contribution in [0.25, 0.3) is 0 Å². The van der Waals surface area contributed by atoms with Gasteiger partial charge in [-0.05, 0) is 63.0 Å². The largest absolute Gasteiger partial charge is 0.497 e. The summed E-state index contributed by atoms with van der Waals surface area (Å²) in [5.74, 6) is 0.539. The molecule has 1 saturated carbocycles. The Bertz CT molecular complexity index is 801. The monoisotopic (exact) mass is 372 g/mol. The number of carbonyl (C=O) groups is 1. The lowest BCUT2D eigenvalue weighted by Crippen LogP contribution is -2.44. The molecule has 3 N–H and O–H groups in total. The highest BCUT2D eigenvalue weighted by Gasteiger charge is 2.44. The van der Waals surface area contributed by atoms with Gasteiger partial charge >= 0.3 is 0 Å². The molecule has 0 saturated heterocycles. The van der Waals surface area contributed by atoms with Gasteiger partial charge in [0.1, 0.15) is 5.75 Å². The van der Waals surface area contributed by atoms with Crippen molar-refractivity contribution >= 4 is 5.91 Å². The lowest BCUT2D eigenvalue weighted by Gasteiger charge is -2.44. The molecular weight excluding hydrogens is 344 g/mol. The molecule has 2 aromatic rings. The molecule has 0 spiro atoms. The molecule has 1 aromatic heterocycles. The van der Waals surface area contributed by atoms with Crippen LogP contribution in [0, 0.1) is 5.92 Å². The standard InChI is InChI=1S/C21H28N2O4/c1-23(2)13-16-11-14(18-8-10-27-19(18)20(22)24)7-9-21(16,25)15-5-4-6-17(12-15)26-3/h4-6,8,10,12,14,16,25H,7,9,11,13H2,1-3H3,(H2,22,24). The molecule has 3 rings (SSSR count). The smallest absolute Gasteiger partial charge is 0.284 e. The van der Waals surface area contributed by atoms with E-state index >= 15 is 0 Å². The van der Waals surface area contributed by atoms with E-state index in [1.807, 2.05) is 44.4 Å². The predicted molar refractivity (Wildman–Crippen MR) is 103 cm³/mol. The molecule has 1 aliphatic carbocycles. The molecule has 1 heterocycles. The summed E-state index contributed by atoms with van der Waals surface area (Å²) in [5, 5.41) is 11.7. The number of methoxy groups -OCH3 is 1. The van der Waals surface area contributed by atoms with Crippen molar-refractivity contribution in [1.82, 2.24) is 4.90 Å². The molecule has 0 radical (unpaired) electrons. The maximum atomic E-state index is 11.7. The Balaban J connectivity index is 1.93. The van der Waals surface area contributed by atoms with Gasteiger partial charge in [0.25, 0.3) is 5.91 Å². The zero-order valence-electron chi connectivity index (χ0n) is 16.1. The Labute approximate surface area is 159 Å². The zero-order valence-corrected chi connectivity index (χ0v) is 16.1. The van der Waals surface area contributed by atoms with E-state index in [1.165, 1.54) is 6.26 Å². The van der Waals surface area contributed by atoms with Crippen LogP contribution in [0.5, 0.6) is 5.75 Å². The minimum absolute atomic E-state index is 0.00557. The van der Waals surface area contributed by atoms with Crippen LogP contribution in [0.1, 0.15) is 46.9 Å². The SMILES string of the molecule is COc1cccc(C2(O)CCC(c3ccoc3C(N)=O)CC2CN(C)C)c1. The highest BCUT2D eigenvalue weighted by Crippen LogP contribution is 2.48. The van der Waals surface area contributed by atoms with Crippen LogP contribution in [-0.4, -0.2) is 43.7 Å². The van der Waals surface area contributed by atoms with Crippen molar-refractivity contribution in [3.63, 3.8) is 0 Å². The number of nitrogens with two attached hydrogens (primary N) is 1. The van der Waals surface area contributed by atoms with E-state index in [-0.39, 0.29) is 17.6 Å². The van der Waals surface area contributed by atoms with Gasteiger partial charge in [-0.1, -0.05) is 12.1 Å². The van der Waals surface area contributed by atoms with Gasteiger partial charge in [0.15, 0.2) is 5.76 Å². The Morgan fingerprint density at radius 1 is 1.41 bits per heavy atom. The van der Waals surface area contributed by atoms with Crippen molar-refractivity contribution in [1.29, 1.82) is 0 Å². The van der Waals surface area contributed by atoms with E-state index in [2.05, 4.69) is 4.90 Å². The van der Waals surface area contributed by atoms with Crippen LogP contribution in [0.15, 0.2) is 41.0 Å². The maximum absolute atomic E-state index is 11.7. The molecule has 0 bridgehead atoms. The van der Waals surface area contributed by atoms with Gasteiger partial charge in [-0.2, -0.15) is 0 Å². The Morgan fingerprint density at radius 3 is 2.85 bits per heavy atom. The highest BCUT2D eigenvalue weighted by atomic mass is 16.5. The molecule has 146 valence electrons. The van der Waals surface area contributed by atoms with Crippen molar-refractivity contribution in [3.05, 3.63) is 53.5 Å². The summed E-state index contributed by atoms with van der Waals surface area (Å²) < 4.78 is 10.6. The number of carbonyl (C=O) groups excluding carboxylic acids is 1. The first-order chi connectivity index (χ1) is 12.8. The number of rotatable bonds is 6. The molecule has 3 atom stereocenters. The van der Waals surface area contributed by atoms with Crippen LogP contribution in [0.3, 0.4) is 0 Å². The van der Waals surface area contributed by atoms with E-state index < -0.39 is 11.5 Å². The normalized spacial score (nSPS) is 25.5. The number of benzene rings is 1. The average Bonchev–Trinajstić information content (AvgIpc) is 3.13. The minimum Gasteiger partial charge on any atom is -0.497 e. The third kappa shape index (κ3) is 3.87. The predicted octanol–water partition coefficient (Wildman–Crippen LogP) is 2.72. The molecule has 1 amide bonds. The van der Waals surface area contributed by atoms with E-state index in [0.717, 1.165) is 36.3 Å². The second kappa shape index (κ2) is 7.74. The van der Waals surface area contributed by atoms with Gasteiger partial charge in [-0.25, -0.2) is 0 Å². The van der Waals surface area contributed by atoms with E-state index in [4.69, 9.17) is 14.9 Å². The van der Waals surface area contributed by atoms with Gasteiger partial charge < -0.3 is 24.9 Å². The maximum Gasteiger partial charge on any atom is 0.284 e. The van der Waals surface area contributed by atoms with Crippen LogP contribution >= 0.6 is 0 Å². The molecular formula is C21H28N2O4. The van der Waals surface area contributed by atoms with Crippen molar-refractivity contribution in [3.8, 4) is 5.75 Å². The van der Waals surface area contributed by atoms with Gasteiger partial charge in [0.05, 0.1) is 19.0 Å². The van der Waals surface area contributed by atoms with Crippen molar-refractivity contribution in [2.75, 3.05) is 27.7 Å². The number of ether oxygens (including phenoxy) is 1. The highest BCUT2D eigenvalue weighted by molar-refractivity contribution is 5.91. The summed E-state index contributed by atoms with van der Waals surface area (Å²) in [6, 6.07) is 9.48. The number of nitrogens with zero attached hydrogens (tertiary/aromatic N) is 1. The minimum atomic E-state index is -0.952. The summed E-state index contributed by atoms with van der Waals surface area (Å²) in [6.45, 7) is 0.730. The van der Waals surface area contributed by atoms with Crippen LogP contribution in [0.2, 0.25) is 0 Å². The van der Waals surface area contributed by atoms with E-state index in [9.17, 15) is 9.90 Å². The van der Waals surface area contributed by atoms with Gasteiger partial charge in [0, 0.05) is 18.0 Å². The van der Waals surface area contributed by atoms with Crippen molar-refractivity contribution < 1.29 is 19.1 Å². The van der Waals surface area contributed by atoms with E-state index in [0.29, 0.717) is 6.42 Å². The van der Waals surface area contributed by atoms with Gasteiger partial charge in [0.2, 0.25) is 0 Å². The number of furan rings is 1. The lowest BCUT2D eigenvalue weighted by atomic mass is 9.66. The molecule has 6 heteroatoms. The first-order valence-corrected chi connectivity index (χ1v) is 9.24. The average molecular weight is 372 g/mol. The second-order valence-corrected chi connectivity index (χ2v) is 7.66. The van der Waals surface area contributed by atoms with Crippen LogP contribution < -0.4 is 10.5 Å². The van der Waals surface area contributed by atoms with Crippen LogP contribution in [-0.2, 0) is 5.60 Å². The molecule has 1 aromatic carbocycles. The molecule has 1 aliphatic rings. The topological polar surface area (TPSA) is 88.9 Å². The summed E-state index contributed by atoms with van der Waals surface area (Å²) in [6.07, 6.45) is 3.59. The molecule has 1 fully saturated rings. The first kappa shape index (κ1) is 19.5. The van der Waals surface area contributed by atoms with Gasteiger partial charge in [-0.15, -0.1) is 0 Å².